The monoisotopic (exact) mass is 235 g/mol. The number of likely N-dealkylation sites (N-methyl/N-ethyl adjacent to an activating group) is 1. The van der Waals surface area contributed by atoms with Gasteiger partial charge >= 0.3 is 0 Å². The van der Waals surface area contributed by atoms with Gasteiger partial charge in [0.1, 0.15) is 0 Å². The lowest BCUT2D eigenvalue weighted by atomic mass is 9.92. The summed E-state index contributed by atoms with van der Waals surface area (Å²) < 4.78 is 5.55. The van der Waals surface area contributed by atoms with Gasteiger partial charge < -0.3 is 10.1 Å². The summed E-state index contributed by atoms with van der Waals surface area (Å²) in [5.41, 5.74) is 2.59. The molecule has 1 rings (SSSR count). The maximum atomic E-state index is 5.55. The molecular weight excluding hydrogens is 210 g/mol. The van der Waals surface area contributed by atoms with Crippen LogP contribution in [0, 0.1) is 0 Å². The topological polar surface area (TPSA) is 21.3 Å². The van der Waals surface area contributed by atoms with E-state index in [-0.39, 0.29) is 5.60 Å². The van der Waals surface area contributed by atoms with Crippen molar-refractivity contribution in [3.05, 3.63) is 35.4 Å². The summed E-state index contributed by atoms with van der Waals surface area (Å²) in [4.78, 5) is 0. The van der Waals surface area contributed by atoms with Crippen LogP contribution in [0.2, 0.25) is 0 Å². The molecule has 2 heteroatoms. The minimum atomic E-state index is -0.155. The Morgan fingerprint density at radius 2 is 1.71 bits per heavy atom. The van der Waals surface area contributed by atoms with Crippen LogP contribution in [0.15, 0.2) is 24.3 Å². The highest BCUT2D eigenvalue weighted by Crippen LogP contribution is 2.18. The van der Waals surface area contributed by atoms with Crippen LogP contribution < -0.4 is 5.32 Å². The van der Waals surface area contributed by atoms with Crippen molar-refractivity contribution in [3.8, 4) is 0 Å². The highest BCUT2D eigenvalue weighted by Gasteiger charge is 2.27. The number of methoxy groups -OCH3 is 1. The first-order valence-corrected chi connectivity index (χ1v) is 6.33. The van der Waals surface area contributed by atoms with E-state index in [1.807, 2.05) is 7.05 Å². The van der Waals surface area contributed by atoms with Gasteiger partial charge in [-0.25, -0.2) is 0 Å². The lowest BCUT2D eigenvalue weighted by Gasteiger charge is -2.33. The molecule has 1 N–H and O–H groups in total. The fourth-order valence-electron chi connectivity index (χ4n) is 1.98. The molecule has 0 amide bonds. The van der Waals surface area contributed by atoms with Gasteiger partial charge in [0, 0.05) is 13.2 Å². The Morgan fingerprint density at radius 3 is 2.12 bits per heavy atom. The summed E-state index contributed by atoms with van der Waals surface area (Å²) >= 11 is 0. The molecule has 0 radical (unpaired) electrons. The van der Waals surface area contributed by atoms with Crippen molar-refractivity contribution < 1.29 is 4.74 Å². The largest absolute Gasteiger partial charge is 0.377 e. The van der Waals surface area contributed by atoms with E-state index in [4.69, 9.17) is 4.74 Å². The molecule has 0 saturated heterocycles. The quantitative estimate of drug-likeness (QED) is 0.818. The van der Waals surface area contributed by atoms with Gasteiger partial charge in [0.15, 0.2) is 0 Å². The molecule has 1 aromatic carbocycles. The van der Waals surface area contributed by atoms with Gasteiger partial charge in [-0.3, -0.25) is 0 Å². The first-order chi connectivity index (χ1) is 8.03. The molecule has 1 aromatic rings. The number of hydrogen-bond donors (Lipinski definition) is 1. The summed E-state index contributed by atoms with van der Waals surface area (Å²) in [6.07, 6.45) is 2.08. The molecule has 0 saturated carbocycles. The first-order valence-electron chi connectivity index (χ1n) is 6.33. The van der Waals surface area contributed by atoms with Gasteiger partial charge in [0.05, 0.1) is 5.60 Å². The van der Waals surface area contributed by atoms with Gasteiger partial charge in [-0.15, -0.1) is 0 Å². The highest BCUT2D eigenvalue weighted by molar-refractivity contribution is 5.23. The number of benzene rings is 1. The second-order valence-electron chi connectivity index (χ2n) is 5.02. The van der Waals surface area contributed by atoms with Crippen LogP contribution in [0.4, 0.5) is 0 Å². The van der Waals surface area contributed by atoms with Crippen molar-refractivity contribution in [2.45, 2.75) is 45.3 Å². The number of rotatable bonds is 6. The summed E-state index contributed by atoms with van der Waals surface area (Å²) in [7, 11) is 3.76. The van der Waals surface area contributed by atoms with E-state index in [2.05, 4.69) is 50.4 Å². The van der Waals surface area contributed by atoms with Crippen molar-refractivity contribution in [2.24, 2.45) is 0 Å². The third-order valence-electron chi connectivity index (χ3n) is 3.58. The lowest BCUT2D eigenvalue weighted by molar-refractivity contribution is -0.00797. The zero-order valence-electron chi connectivity index (χ0n) is 11.7. The summed E-state index contributed by atoms with van der Waals surface area (Å²) in [5.74, 6) is 0. The first kappa shape index (κ1) is 14.2. The van der Waals surface area contributed by atoms with Gasteiger partial charge in [-0.05, 0) is 44.9 Å². The van der Waals surface area contributed by atoms with E-state index in [9.17, 15) is 0 Å². The molecule has 0 fully saturated rings. The molecule has 1 unspecified atom stereocenters. The van der Waals surface area contributed by atoms with Crippen LogP contribution >= 0.6 is 0 Å². The Bertz CT molecular complexity index is 329. The third-order valence-corrected chi connectivity index (χ3v) is 3.58. The Balaban J connectivity index is 2.73. The standard InChI is InChI=1S/C15H25NO/c1-6-12-7-9-13(10-8-12)11-14(16-4)15(2,3)17-5/h7-10,14,16H,6,11H2,1-5H3. The molecule has 96 valence electrons. The normalized spacial score (nSPS) is 13.7. The average molecular weight is 235 g/mol. The molecule has 0 heterocycles. The van der Waals surface area contributed by atoms with Crippen LogP contribution in [0.3, 0.4) is 0 Å². The molecular formula is C15H25NO. The Labute approximate surface area is 105 Å². The number of aryl methyl sites for hydroxylation is 1. The van der Waals surface area contributed by atoms with E-state index < -0.39 is 0 Å². The average Bonchev–Trinajstić information content (AvgIpc) is 2.36. The van der Waals surface area contributed by atoms with Crippen LogP contribution in [-0.4, -0.2) is 25.8 Å². The predicted molar refractivity (Wildman–Crippen MR) is 73.5 cm³/mol. The third kappa shape index (κ3) is 3.83. The Hall–Kier alpha value is -0.860. The smallest absolute Gasteiger partial charge is 0.0778 e. The maximum absolute atomic E-state index is 5.55. The molecule has 0 bridgehead atoms. The minimum absolute atomic E-state index is 0.155. The zero-order chi connectivity index (χ0) is 12.9. The second kappa shape index (κ2) is 6.18. The van der Waals surface area contributed by atoms with Crippen LogP contribution in [0.1, 0.15) is 31.9 Å². The molecule has 17 heavy (non-hydrogen) atoms. The van der Waals surface area contributed by atoms with E-state index in [1.165, 1.54) is 11.1 Å². The number of ether oxygens (including phenoxy) is 1. The van der Waals surface area contributed by atoms with E-state index in [0.717, 1.165) is 12.8 Å². The van der Waals surface area contributed by atoms with E-state index in [1.54, 1.807) is 7.11 Å². The molecule has 0 aromatic heterocycles. The molecule has 0 aliphatic heterocycles. The molecule has 0 aliphatic rings. The number of hydrogen-bond acceptors (Lipinski definition) is 2. The summed E-state index contributed by atoms with van der Waals surface area (Å²) in [6.45, 7) is 6.42. The van der Waals surface area contributed by atoms with Crippen molar-refractivity contribution in [1.82, 2.24) is 5.32 Å². The second-order valence-corrected chi connectivity index (χ2v) is 5.02. The molecule has 1 atom stereocenters. The highest BCUT2D eigenvalue weighted by atomic mass is 16.5. The summed E-state index contributed by atoms with van der Waals surface area (Å²) in [5, 5.41) is 3.35. The van der Waals surface area contributed by atoms with Gasteiger partial charge in [-0.2, -0.15) is 0 Å². The molecule has 0 spiro atoms. The van der Waals surface area contributed by atoms with E-state index >= 15 is 0 Å². The lowest BCUT2D eigenvalue weighted by Crippen LogP contribution is -2.48. The zero-order valence-corrected chi connectivity index (χ0v) is 11.7. The fraction of sp³-hybridized carbons (Fsp3) is 0.600. The minimum Gasteiger partial charge on any atom is -0.377 e. The molecule has 2 nitrogen and oxygen atoms in total. The maximum Gasteiger partial charge on any atom is 0.0778 e. The Morgan fingerprint density at radius 1 is 1.18 bits per heavy atom. The van der Waals surface area contributed by atoms with Crippen molar-refractivity contribution in [3.63, 3.8) is 0 Å². The number of nitrogens with one attached hydrogen (secondary N) is 1. The van der Waals surface area contributed by atoms with Crippen molar-refractivity contribution in [2.75, 3.05) is 14.2 Å². The SMILES string of the molecule is CCc1ccc(CC(NC)C(C)(C)OC)cc1. The predicted octanol–water partition coefficient (Wildman–Crippen LogP) is 2.80. The Kier molecular flexibility index (Phi) is 5.16. The van der Waals surface area contributed by atoms with Crippen LogP contribution in [0.5, 0.6) is 0 Å². The fourth-order valence-corrected chi connectivity index (χ4v) is 1.98. The van der Waals surface area contributed by atoms with Gasteiger partial charge in [-0.1, -0.05) is 31.2 Å². The van der Waals surface area contributed by atoms with Gasteiger partial charge in [0.2, 0.25) is 0 Å². The van der Waals surface area contributed by atoms with Crippen LogP contribution in [-0.2, 0) is 17.6 Å². The van der Waals surface area contributed by atoms with E-state index in [0.29, 0.717) is 6.04 Å². The summed E-state index contributed by atoms with van der Waals surface area (Å²) in [6, 6.07) is 9.17. The van der Waals surface area contributed by atoms with Crippen molar-refractivity contribution in [1.29, 1.82) is 0 Å². The molecule has 0 aliphatic carbocycles. The van der Waals surface area contributed by atoms with Crippen LogP contribution in [0.25, 0.3) is 0 Å². The van der Waals surface area contributed by atoms with Gasteiger partial charge in [0.25, 0.3) is 0 Å². The van der Waals surface area contributed by atoms with Crippen molar-refractivity contribution >= 4 is 0 Å².